The Kier molecular flexibility index (Phi) is 3.85. The van der Waals surface area contributed by atoms with Crippen LogP contribution in [0.4, 0.5) is 0 Å². The van der Waals surface area contributed by atoms with Crippen molar-refractivity contribution in [2.24, 2.45) is 5.41 Å². The highest BCUT2D eigenvalue weighted by Gasteiger charge is 2.44. The van der Waals surface area contributed by atoms with Gasteiger partial charge in [0.1, 0.15) is 0 Å². The molecule has 1 aliphatic carbocycles. The Morgan fingerprint density at radius 1 is 1.21 bits per heavy atom. The fourth-order valence-corrected chi connectivity index (χ4v) is 2.18. The maximum atomic E-state index is 11.9. The van der Waals surface area contributed by atoms with Gasteiger partial charge in [0.25, 0.3) is 5.91 Å². The quantitative estimate of drug-likeness (QED) is 0.744. The molecule has 1 fully saturated rings. The van der Waals surface area contributed by atoms with E-state index in [0.717, 1.165) is 12.0 Å². The fraction of sp³-hybridized carbons (Fsp3) is 0.429. The lowest BCUT2D eigenvalue weighted by Gasteiger charge is -2.37. The number of rotatable bonds is 5. The second kappa shape index (κ2) is 5.40. The standard InChI is InChI=1S/C14H17NO4/c16-8-10-2-4-11(5-3-10)12(17)15-9-14(13(18)19)6-1-7-14/h2-5,16H,1,6-9H2,(H,15,17)(H,18,19). The van der Waals surface area contributed by atoms with E-state index in [2.05, 4.69) is 5.32 Å². The molecule has 5 heteroatoms. The minimum atomic E-state index is -0.838. The third-order valence-electron chi connectivity index (χ3n) is 3.75. The van der Waals surface area contributed by atoms with Gasteiger partial charge < -0.3 is 15.5 Å². The predicted octanol–water partition coefficient (Wildman–Crippen LogP) is 1.16. The zero-order chi connectivity index (χ0) is 13.9. The van der Waals surface area contributed by atoms with E-state index in [1.807, 2.05) is 0 Å². The lowest BCUT2D eigenvalue weighted by Crippen LogP contribution is -2.47. The van der Waals surface area contributed by atoms with Crippen LogP contribution in [0.2, 0.25) is 0 Å². The topological polar surface area (TPSA) is 86.6 Å². The summed E-state index contributed by atoms with van der Waals surface area (Å²) in [6.07, 6.45) is 2.13. The first kappa shape index (κ1) is 13.5. The average molecular weight is 263 g/mol. The van der Waals surface area contributed by atoms with Crippen molar-refractivity contribution in [3.63, 3.8) is 0 Å². The maximum absolute atomic E-state index is 11.9. The van der Waals surface area contributed by atoms with E-state index in [0.29, 0.717) is 18.4 Å². The van der Waals surface area contributed by atoms with Gasteiger partial charge in [-0.05, 0) is 30.5 Å². The SMILES string of the molecule is O=C(NCC1(C(=O)O)CCC1)c1ccc(CO)cc1. The van der Waals surface area contributed by atoms with E-state index in [-0.39, 0.29) is 19.1 Å². The summed E-state index contributed by atoms with van der Waals surface area (Å²) in [5.41, 5.74) is 0.426. The highest BCUT2D eigenvalue weighted by molar-refractivity contribution is 5.94. The van der Waals surface area contributed by atoms with Crippen LogP contribution in [-0.2, 0) is 11.4 Å². The summed E-state index contributed by atoms with van der Waals surface area (Å²) in [5.74, 6) is -1.12. The predicted molar refractivity (Wildman–Crippen MR) is 68.6 cm³/mol. The molecule has 1 aliphatic rings. The Morgan fingerprint density at radius 2 is 1.84 bits per heavy atom. The summed E-state index contributed by atoms with van der Waals surface area (Å²) in [6.45, 7) is 0.104. The number of aliphatic hydroxyl groups excluding tert-OH is 1. The van der Waals surface area contributed by atoms with Crippen LogP contribution >= 0.6 is 0 Å². The summed E-state index contributed by atoms with van der Waals surface area (Å²) < 4.78 is 0. The van der Waals surface area contributed by atoms with Crippen LogP contribution in [0.3, 0.4) is 0 Å². The molecule has 0 atom stereocenters. The number of hydrogen-bond donors (Lipinski definition) is 3. The number of hydrogen-bond acceptors (Lipinski definition) is 3. The monoisotopic (exact) mass is 263 g/mol. The first-order valence-electron chi connectivity index (χ1n) is 6.29. The zero-order valence-electron chi connectivity index (χ0n) is 10.6. The Bertz CT molecular complexity index is 477. The molecular weight excluding hydrogens is 246 g/mol. The molecule has 1 aromatic rings. The lowest BCUT2D eigenvalue weighted by atomic mass is 9.69. The number of nitrogens with one attached hydrogen (secondary N) is 1. The summed E-state index contributed by atoms with van der Waals surface area (Å²) in [6, 6.07) is 6.58. The minimum absolute atomic E-state index is 0.0655. The average Bonchev–Trinajstić information content (AvgIpc) is 2.37. The van der Waals surface area contributed by atoms with Gasteiger partial charge in [0.2, 0.25) is 0 Å². The van der Waals surface area contributed by atoms with Crippen molar-refractivity contribution in [3.8, 4) is 0 Å². The smallest absolute Gasteiger partial charge is 0.311 e. The van der Waals surface area contributed by atoms with E-state index >= 15 is 0 Å². The van der Waals surface area contributed by atoms with Crippen molar-refractivity contribution < 1.29 is 19.8 Å². The molecule has 102 valence electrons. The van der Waals surface area contributed by atoms with Gasteiger partial charge in [0.05, 0.1) is 12.0 Å². The normalized spacial score (nSPS) is 16.5. The largest absolute Gasteiger partial charge is 0.481 e. The molecule has 0 spiro atoms. The molecule has 1 aromatic carbocycles. The van der Waals surface area contributed by atoms with E-state index in [4.69, 9.17) is 10.2 Å². The van der Waals surface area contributed by atoms with Crippen LogP contribution in [0.15, 0.2) is 24.3 Å². The summed E-state index contributed by atoms with van der Waals surface area (Å²) in [5, 5.41) is 20.7. The van der Waals surface area contributed by atoms with Gasteiger partial charge in [-0.15, -0.1) is 0 Å². The van der Waals surface area contributed by atoms with Gasteiger partial charge in [0.15, 0.2) is 0 Å². The second-order valence-corrected chi connectivity index (χ2v) is 4.98. The molecule has 0 heterocycles. The number of benzene rings is 1. The minimum Gasteiger partial charge on any atom is -0.481 e. The van der Waals surface area contributed by atoms with Crippen molar-refractivity contribution in [1.82, 2.24) is 5.32 Å². The first-order valence-corrected chi connectivity index (χ1v) is 6.29. The molecule has 3 N–H and O–H groups in total. The second-order valence-electron chi connectivity index (χ2n) is 4.98. The molecule has 5 nitrogen and oxygen atoms in total. The van der Waals surface area contributed by atoms with Crippen LogP contribution in [0.5, 0.6) is 0 Å². The molecule has 0 bridgehead atoms. The molecule has 19 heavy (non-hydrogen) atoms. The van der Waals surface area contributed by atoms with E-state index in [1.165, 1.54) is 0 Å². The van der Waals surface area contributed by atoms with Gasteiger partial charge in [-0.1, -0.05) is 18.6 Å². The Labute approximate surface area is 111 Å². The zero-order valence-corrected chi connectivity index (χ0v) is 10.6. The number of aliphatic carboxylic acids is 1. The van der Waals surface area contributed by atoms with Crippen molar-refractivity contribution in [3.05, 3.63) is 35.4 Å². The van der Waals surface area contributed by atoms with Gasteiger partial charge in [-0.25, -0.2) is 0 Å². The summed E-state index contributed by atoms with van der Waals surface area (Å²) >= 11 is 0. The number of carbonyl (C=O) groups excluding carboxylic acids is 1. The number of carbonyl (C=O) groups is 2. The van der Waals surface area contributed by atoms with E-state index in [9.17, 15) is 9.59 Å². The van der Waals surface area contributed by atoms with Crippen molar-refractivity contribution in [1.29, 1.82) is 0 Å². The molecule has 0 aliphatic heterocycles. The Balaban J connectivity index is 1.95. The van der Waals surface area contributed by atoms with E-state index in [1.54, 1.807) is 24.3 Å². The number of amides is 1. The van der Waals surface area contributed by atoms with Crippen LogP contribution in [0.25, 0.3) is 0 Å². The summed E-state index contributed by atoms with van der Waals surface area (Å²) in [7, 11) is 0. The highest BCUT2D eigenvalue weighted by atomic mass is 16.4. The van der Waals surface area contributed by atoms with Gasteiger partial charge >= 0.3 is 5.97 Å². The Morgan fingerprint density at radius 3 is 2.26 bits per heavy atom. The third-order valence-corrected chi connectivity index (χ3v) is 3.75. The van der Waals surface area contributed by atoms with Crippen LogP contribution < -0.4 is 5.32 Å². The number of aliphatic hydroxyl groups is 1. The molecule has 1 amide bonds. The van der Waals surface area contributed by atoms with Gasteiger partial charge in [-0.3, -0.25) is 9.59 Å². The number of carboxylic acid groups (broad SMARTS) is 1. The van der Waals surface area contributed by atoms with Gasteiger partial charge in [0, 0.05) is 12.1 Å². The molecule has 0 unspecified atom stereocenters. The molecule has 0 saturated heterocycles. The summed E-state index contributed by atoms with van der Waals surface area (Å²) in [4.78, 5) is 23.0. The molecule has 0 aromatic heterocycles. The van der Waals surface area contributed by atoms with Gasteiger partial charge in [-0.2, -0.15) is 0 Å². The van der Waals surface area contributed by atoms with E-state index < -0.39 is 11.4 Å². The van der Waals surface area contributed by atoms with Crippen LogP contribution in [0.1, 0.15) is 35.2 Å². The first-order chi connectivity index (χ1) is 9.07. The van der Waals surface area contributed by atoms with Crippen molar-refractivity contribution in [2.75, 3.05) is 6.54 Å². The lowest BCUT2D eigenvalue weighted by molar-refractivity contribution is -0.153. The van der Waals surface area contributed by atoms with Crippen molar-refractivity contribution in [2.45, 2.75) is 25.9 Å². The molecule has 0 radical (unpaired) electrons. The highest BCUT2D eigenvalue weighted by Crippen LogP contribution is 2.40. The molecule has 2 rings (SSSR count). The Hall–Kier alpha value is -1.88. The maximum Gasteiger partial charge on any atom is 0.311 e. The van der Waals surface area contributed by atoms with Crippen LogP contribution in [-0.4, -0.2) is 28.6 Å². The van der Waals surface area contributed by atoms with Crippen LogP contribution in [0, 0.1) is 5.41 Å². The number of carboxylic acids is 1. The third kappa shape index (κ3) is 2.76. The van der Waals surface area contributed by atoms with Crippen molar-refractivity contribution >= 4 is 11.9 Å². The molecular formula is C14H17NO4. The molecule has 1 saturated carbocycles. The fourth-order valence-electron chi connectivity index (χ4n) is 2.18.